The van der Waals surface area contributed by atoms with Gasteiger partial charge in [0.15, 0.2) is 5.69 Å². The van der Waals surface area contributed by atoms with Crippen LogP contribution in [0.2, 0.25) is 0 Å². The Hall–Kier alpha value is -2.10. The lowest BCUT2D eigenvalue weighted by atomic mass is 10.2. The molecular weight excluding hydrogens is 204 g/mol. The van der Waals surface area contributed by atoms with Crippen molar-refractivity contribution in [2.45, 2.75) is 13.8 Å². The summed E-state index contributed by atoms with van der Waals surface area (Å²) in [7, 11) is 0. The third kappa shape index (κ3) is 2.28. The number of aryl methyl sites for hydroxylation is 2. The fourth-order valence-corrected chi connectivity index (χ4v) is 1.39. The first kappa shape index (κ1) is 10.4. The average molecular weight is 216 g/mol. The van der Waals surface area contributed by atoms with Crippen LogP contribution in [0.4, 0.5) is 5.69 Å². The number of anilines is 1. The van der Waals surface area contributed by atoms with Gasteiger partial charge >= 0.3 is 0 Å². The van der Waals surface area contributed by atoms with Gasteiger partial charge in [0, 0.05) is 11.8 Å². The van der Waals surface area contributed by atoms with Crippen molar-refractivity contribution in [2.24, 2.45) is 0 Å². The molecule has 0 spiro atoms. The van der Waals surface area contributed by atoms with Gasteiger partial charge in [0.1, 0.15) is 5.76 Å². The topological polar surface area (TPSA) is 55.1 Å². The van der Waals surface area contributed by atoms with E-state index in [-0.39, 0.29) is 5.91 Å². The smallest absolute Gasteiger partial charge is 0.277 e. The summed E-state index contributed by atoms with van der Waals surface area (Å²) in [6.45, 7) is 3.71. The van der Waals surface area contributed by atoms with Gasteiger partial charge in [-0.05, 0) is 31.5 Å². The van der Waals surface area contributed by atoms with Crippen molar-refractivity contribution in [1.82, 2.24) is 5.16 Å². The molecule has 4 nitrogen and oxygen atoms in total. The maximum atomic E-state index is 11.7. The van der Waals surface area contributed by atoms with Crippen molar-refractivity contribution >= 4 is 11.6 Å². The van der Waals surface area contributed by atoms with Crippen LogP contribution in [-0.4, -0.2) is 11.1 Å². The molecule has 1 heterocycles. The van der Waals surface area contributed by atoms with E-state index in [1.165, 1.54) is 0 Å². The predicted octanol–water partition coefficient (Wildman–Crippen LogP) is 2.54. The normalized spacial score (nSPS) is 10.1. The van der Waals surface area contributed by atoms with Crippen LogP contribution in [0.15, 0.2) is 34.9 Å². The Labute approximate surface area is 93.3 Å². The summed E-state index contributed by atoms with van der Waals surface area (Å²) >= 11 is 0. The third-order valence-electron chi connectivity index (χ3n) is 2.14. The van der Waals surface area contributed by atoms with Gasteiger partial charge in [-0.3, -0.25) is 4.79 Å². The second-order valence-corrected chi connectivity index (χ2v) is 3.65. The number of nitrogens with zero attached hydrogens (tertiary/aromatic N) is 1. The first-order valence-corrected chi connectivity index (χ1v) is 4.96. The molecule has 2 aromatic rings. The predicted molar refractivity (Wildman–Crippen MR) is 60.4 cm³/mol. The molecule has 0 fully saturated rings. The van der Waals surface area contributed by atoms with Crippen LogP contribution in [0.3, 0.4) is 0 Å². The number of amides is 1. The number of nitrogens with one attached hydrogen (secondary N) is 1. The number of hydrogen-bond donors (Lipinski definition) is 1. The highest BCUT2D eigenvalue weighted by molar-refractivity contribution is 6.02. The second kappa shape index (κ2) is 4.18. The minimum absolute atomic E-state index is 0.262. The lowest BCUT2D eigenvalue weighted by Crippen LogP contribution is -2.12. The molecule has 2 rings (SSSR count). The number of hydrogen-bond acceptors (Lipinski definition) is 3. The fourth-order valence-electron chi connectivity index (χ4n) is 1.39. The van der Waals surface area contributed by atoms with Crippen molar-refractivity contribution in [2.75, 3.05) is 5.32 Å². The standard InChI is InChI=1S/C12H12N2O2/c1-8-4-3-5-10(6-8)13-12(15)11-7-9(2)16-14-11/h3-7H,1-2H3,(H,13,15). The maximum absolute atomic E-state index is 11.7. The van der Waals surface area contributed by atoms with E-state index in [0.29, 0.717) is 11.5 Å². The Kier molecular flexibility index (Phi) is 2.72. The van der Waals surface area contributed by atoms with E-state index >= 15 is 0 Å². The minimum Gasteiger partial charge on any atom is -0.361 e. The highest BCUT2D eigenvalue weighted by Gasteiger charge is 2.10. The summed E-state index contributed by atoms with van der Waals surface area (Å²) in [5.74, 6) is 0.358. The van der Waals surface area contributed by atoms with Crippen molar-refractivity contribution in [3.05, 3.63) is 47.3 Å². The highest BCUT2D eigenvalue weighted by atomic mass is 16.5. The van der Waals surface area contributed by atoms with Crippen LogP contribution >= 0.6 is 0 Å². The van der Waals surface area contributed by atoms with E-state index in [0.717, 1.165) is 11.3 Å². The van der Waals surface area contributed by atoms with E-state index in [1.54, 1.807) is 13.0 Å². The molecule has 0 radical (unpaired) electrons. The molecular formula is C12H12N2O2. The van der Waals surface area contributed by atoms with Crippen molar-refractivity contribution < 1.29 is 9.32 Å². The first-order valence-electron chi connectivity index (χ1n) is 4.96. The molecule has 1 amide bonds. The van der Waals surface area contributed by atoms with E-state index in [9.17, 15) is 4.79 Å². The Balaban J connectivity index is 2.13. The summed E-state index contributed by atoms with van der Waals surface area (Å²) in [6.07, 6.45) is 0. The second-order valence-electron chi connectivity index (χ2n) is 3.65. The molecule has 0 saturated carbocycles. The average Bonchev–Trinajstić information content (AvgIpc) is 2.65. The van der Waals surface area contributed by atoms with Gasteiger partial charge in [-0.25, -0.2) is 0 Å². The zero-order valence-electron chi connectivity index (χ0n) is 9.15. The fraction of sp³-hybridized carbons (Fsp3) is 0.167. The lowest BCUT2D eigenvalue weighted by Gasteiger charge is -2.02. The van der Waals surface area contributed by atoms with Crippen LogP contribution in [0.5, 0.6) is 0 Å². The zero-order valence-corrected chi connectivity index (χ0v) is 9.15. The third-order valence-corrected chi connectivity index (χ3v) is 2.14. The van der Waals surface area contributed by atoms with Crippen LogP contribution in [0, 0.1) is 13.8 Å². The number of aromatic nitrogens is 1. The molecule has 1 N–H and O–H groups in total. The highest BCUT2D eigenvalue weighted by Crippen LogP contribution is 2.11. The zero-order chi connectivity index (χ0) is 11.5. The molecule has 16 heavy (non-hydrogen) atoms. The first-order chi connectivity index (χ1) is 7.65. The summed E-state index contributed by atoms with van der Waals surface area (Å²) < 4.78 is 4.84. The number of carbonyl (C=O) groups is 1. The minimum atomic E-state index is -0.262. The molecule has 1 aromatic heterocycles. The monoisotopic (exact) mass is 216 g/mol. The molecule has 0 aliphatic heterocycles. The van der Waals surface area contributed by atoms with Gasteiger partial charge in [-0.2, -0.15) is 0 Å². The van der Waals surface area contributed by atoms with E-state index in [4.69, 9.17) is 4.52 Å². The van der Waals surface area contributed by atoms with Crippen molar-refractivity contribution in [3.63, 3.8) is 0 Å². The summed E-state index contributed by atoms with van der Waals surface area (Å²) in [5.41, 5.74) is 2.14. The van der Waals surface area contributed by atoms with Gasteiger partial charge in [-0.15, -0.1) is 0 Å². The Morgan fingerprint density at radius 2 is 2.12 bits per heavy atom. The van der Waals surface area contributed by atoms with E-state index in [2.05, 4.69) is 10.5 Å². The van der Waals surface area contributed by atoms with Crippen LogP contribution in [0.1, 0.15) is 21.8 Å². The van der Waals surface area contributed by atoms with Crippen LogP contribution in [-0.2, 0) is 0 Å². The Morgan fingerprint density at radius 1 is 1.31 bits per heavy atom. The molecule has 0 bridgehead atoms. The molecule has 4 heteroatoms. The van der Waals surface area contributed by atoms with Crippen molar-refractivity contribution in [1.29, 1.82) is 0 Å². The van der Waals surface area contributed by atoms with Crippen LogP contribution < -0.4 is 5.32 Å². The number of carbonyl (C=O) groups excluding carboxylic acids is 1. The number of rotatable bonds is 2. The maximum Gasteiger partial charge on any atom is 0.277 e. The largest absolute Gasteiger partial charge is 0.361 e. The van der Waals surface area contributed by atoms with E-state index in [1.807, 2.05) is 31.2 Å². The van der Waals surface area contributed by atoms with Crippen molar-refractivity contribution in [3.8, 4) is 0 Å². The molecule has 0 aliphatic carbocycles. The lowest BCUT2D eigenvalue weighted by molar-refractivity contribution is 0.101. The van der Waals surface area contributed by atoms with Gasteiger partial charge in [-0.1, -0.05) is 17.3 Å². The molecule has 82 valence electrons. The SMILES string of the molecule is Cc1cccc(NC(=O)c2cc(C)on2)c1. The van der Waals surface area contributed by atoms with Crippen LogP contribution in [0.25, 0.3) is 0 Å². The molecule has 0 atom stereocenters. The van der Waals surface area contributed by atoms with Gasteiger partial charge < -0.3 is 9.84 Å². The Bertz CT molecular complexity index is 517. The summed E-state index contributed by atoms with van der Waals surface area (Å²) in [5, 5.41) is 6.40. The Morgan fingerprint density at radius 3 is 2.75 bits per heavy atom. The molecule has 0 saturated heterocycles. The quantitative estimate of drug-likeness (QED) is 0.839. The van der Waals surface area contributed by atoms with E-state index < -0.39 is 0 Å². The summed E-state index contributed by atoms with van der Waals surface area (Å²) in [6, 6.07) is 9.18. The number of benzene rings is 1. The van der Waals surface area contributed by atoms with Gasteiger partial charge in [0.25, 0.3) is 5.91 Å². The molecule has 1 aromatic carbocycles. The molecule has 0 aliphatic rings. The molecule has 0 unspecified atom stereocenters. The van der Waals surface area contributed by atoms with Gasteiger partial charge in [0.2, 0.25) is 0 Å². The summed E-state index contributed by atoms with van der Waals surface area (Å²) in [4.78, 5) is 11.7. The van der Waals surface area contributed by atoms with Gasteiger partial charge in [0.05, 0.1) is 0 Å².